The van der Waals surface area contributed by atoms with Gasteiger partial charge in [-0.25, -0.2) is 4.68 Å². The molecule has 2 aliphatic heterocycles. The number of carbonyl (C=O) groups excluding carboxylic acids is 4. The number of nitrogens with zero attached hydrogens (tertiary/aromatic N) is 4. The maximum Gasteiger partial charge on any atom is 0.312 e. The lowest BCUT2D eigenvalue weighted by Gasteiger charge is -2.31. The lowest BCUT2D eigenvalue weighted by molar-refractivity contribution is -0.153. The quantitative estimate of drug-likeness (QED) is 0.405. The third-order valence-corrected chi connectivity index (χ3v) is 6.92. The fourth-order valence-electron chi connectivity index (χ4n) is 5.06. The molecule has 10 nitrogen and oxygen atoms in total. The van der Waals surface area contributed by atoms with Gasteiger partial charge in [-0.3, -0.25) is 24.5 Å². The van der Waals surface area contributed by atoms with E-state index in [1.165, 1.54) is 12.0 Å². The molecule has 2 atom stereocenters. The number of hydrogen-bond donors (Lipinski definition) is 1. The van der Waals surface area contributed by atoms with Crippen molar-refractivity contribution in [2.45, 2.75) is 51.1 Å². The molecule has 0 saturated carbocycles. The molecular weight excluding hydrogens is 438 g/mol. The number of allylic oxidation sites excluding steroid dienone is 2. The summed E-state index contributed by atoms with van der Waals surface area (Å²) in [5, 5.41) is 10.8. The molecule has 1 fully saturated rings. The Morgan fingerprint density at radius 3 is 2.85 bits per heavy atom. The summed E-state index contributed by atoms with van der Waals surface area (Å²) in [5.74, 6) is -1.24. The molecule has 10 heteroatoms. The van der Waals surface area contributed by atoms with Gasteiger partial charge in [-0.15, -0.1) is 5.10 Å². The van der Waals surface area contributed by atoms with Crippen molar-refractivity contribution in [2.24, 2.45) is 5.41 Å². The second kappa shape index (κ2) is 8.51. The van der Waals surface area contributed by atoms with Crippen LogP contribution in [0, 0.1) is 5.41 Å². The number of nitrogens with one attached hydrogen (secondary N) is 1. The first kappa shape index (κ1) is 22.0. The van der Waals surface area contributed by atoms with Crippen molar-refractivity contribution >= 4 is 23.7 Å². The average Bonchev–Trinajstić information content (AvgIpc) is 3.43. The normalized spacial score (nSPS) is 24.2. The number of imide groups is 1. The van der Waals surface area contributed by atoms with E-state index in [1.807, 2.05) is 18.2 Å². The molecule has 1 aromatic heterocycles. The highest BCUT2D eigenvalue weighted by Crippen LogP contribution is 2.37. The van der Waals surface area contributed by atoms with Gasteiger partial charge in [-0.05, 0) is 43.4 Å². The van der Waals surface area contributed by atoms with Gasteiger partial charge in [0.25, 0.3) is 5.91 Å². The largest absolute Gasteiger partial charge is 0.469 e. The molecule has 176 valence electrons. The van der Waals surface area contributed by atoms with Crippen LogP contribution in [0.25, 0.3) is 5.69 Å². The van der Waals surface area contributed by atoms with Crippen LogP contribution in [0.15, 0.2) is 36.5 Å². The van der Waals surface area contributed by atoms with E-state index in [9.17, 15) is 19.2 Å². The van der Waals surface area contributed by atoms with E-state index in [0.717, 1.165) is 12.0 Å². The second-order valence-corrected chi connectivity index (χ2v) is 9.06. The molecule has 0 bridgehead atoms. The summed E-state index contributed by atoms with van der Waals surface area (Å²) in [6, 6.07) is 4.77. The van der Waals surface area contributed by atoms with Crippen LogP contribution in [0.1, 0.15) is 53.7 Å². The van der Waals surface area contributed by atoms with Gasteiger partial charge in [0.1, 0.15) is 6.04 Å². The van der Waals surface area contributed by atoms with Crippen LogP contribution in [-0.4, -0.2) is 56.7 Å². The third-order valence-electron chi connectivity index (χ3n) is 6.92. The van der Waals surface area contributed by atoms with Gasteiger partial charge in [-0.2, -0.15) is 0 Å². The van der Waals surface area contributed by atoms with Crippen LogP contribution in [-0.2, 0) is 32.1 Å². The van der Waals surface area contributed by atoms with Crippen LogP contribution in [0.4, 0.5) is 0 Å². The van der Waals surface area contributed by atoms with Crippen molar-refractivity contribution < 1.29 is 23.9 Å². The van der Waals surface area contributed by atoms with Crippen LogP contribution in [0.2, 0.25) is 0 Å². The summed E-state index contributed by atoms with van der Waals surface area (Å²) in [5.41, 5.74) is 1.99. The topological polar surface area (TPSA) is 123 Å². The van der Waals surface area contributed by atoms with Crippen LogP contribution < -0.4 is 5.32 Å². The van der Waals surface area contributed by atoms with Crippen LogP contribution in [0.5, 0.6) is 0 Å². The molecule has 0 radical (unpaired) electrons. The van der Waals surface area contributed by atoms with Crippen molar-refractivity contribution in [1.29, 1.82) is 0 Å². The van der Waals surface area contributed by atoms with Crippen molar-refractivity contribution in [2.75, 3.05) is 7.11 Å². The van der Waals surface area contributed by atoms with E-state index in [-0.39, 0.29) is 24.2 Å². The fraction of sp³-hybridized carbons (Fsp3) is 0.417. The van der Waals surface area contributed by atoms with Gasteiger partial charge in [0, 0.05) is 24.9 Å². The van der Waals surface area contributed by atoms with E-state index in [1.54, 1.807) is 16.9 Å². The maximum absolute atomic E-state index is 13.1. The minimum atomic E-state index is -0.655. The number of piperidine rings is 1. The highest BCUT2D eigenvalue weighted by Gasteiger charge is 2.41. The molecule has 1 saturated heterocycles. The number of ether oxygens (including phenoxy) is 1. The van der Waals surface area contributed by atoms with Gasteiger partial charge in [0.05, 0.1) is 30.1 Å². The zero-order valence-electron chi connectivity index (χ0n) is 18.8. The lowest BCUT2D eigenvalue weighted by Crippen LogP contribution is -2.52. The molecule has 34 heavy (non-hydrogen) atoms. The predicted octanol–water partition coefficient (Wildman–Crippen LogP) is 1.47. The Labute approximate surface area is 195 Å². The molecule has 3 aliphatic rings. The Balaban J connectivity index is 1.36. The number of fused-ring (bicyclic) bond motifs is 1. The van der Waals surface area contributed by atoms with Gasteiger partial charge in [-0.1, -0.05) is 23.4 Å². The van der Waals surface area contributed by atoms with Gasteiger partial charge >= 0.3 is 5.97 Å². The van der Waals surface area contributed by atoms with Gasteiger partial charge < -0.3 is 9.64 Å². The first-order valence-electron chi connectivity index (χ1n) is 11.3. The Morgan fingerprint density at radius 1 is 1.26 bits per heavy atom. The van der Waals surface area contributed by atoms with Gasteiger partial charge in [0.2, 0.25) is 11.8 Å². The Bertz CT molecular complexity index is 1220. The number of benzene rings is 1. The monoisotopic (exact) mass is 463 g/mol. The molecule has 2 unspecified atom stereocenters. The molecule has 2 aromatic rings. The second-order valence-electron chi connectivity index (χ2n) is 9.06. The van der Waals surface area contributed by atoms with Crippen molar-refractivity contribution in [1.82, 2.24) is 25.2 Å². The number of rotatable bonds is 5. The van der Waals surface area contributed by atoms with E-state index in [2.05, 4.69) is 21.7 Å². The summed E-state index contributed by atoms with van der Waals surface area (Å²) < 4.78 is 6.66. The molecule has 1 N–H and O–H groups in total. The number of aromatic nitrogens is 3. The molecule has 0 spiro atoms. The minimum Gasteiger partial charge on any atom is -0.469 e. The molecule has 5 rings (SSSR count). The van der Waals surface area contributed by atoms with Crippen LogP contribution >= 0.6 is 0 Å². The number of methoxy groups -OCH3 is 1. The fourth-order valence-corrected chi connectivity index (χ4v) is 5.06. The Hall–Kier alpha value is -3.82. The molecule has 1 aromatic carbocycles. The molecular formula is C24H25N5O5. The van der Waals surface area contributed by atoms with Gasteiger partial charge in [0.15, 0.2) is 0 Å². The summed E-state index contributed by atoms with van der Waals surface area (Å²) in [6.07, 6.45) is 8.87. The van der Waals surface area contributed by atoms with E-state index >= 15 is 0 Å². The zero-order valence-corrected chi connectivity index (χ0v) is 18.8. The van der Waals surface area contributed by atoms with Crippen molar-refractivity contribution in [3.63, 3.8) is 0 Å². The smallest absolute Gasteiger partial charge is 0.312 e. The van der Waals surface area contributed by atoms with E-state index in [4.69, 9.17) is 4.74 Å². The number of amides is 3. The van der Waals surface area contributed by atoms with E-state index < -0.39 is 17.4 Å². The summed E-state index contributed by atoms with van der Waals surface area (Å²) in [6.45, 7) is 0.318. The first-order chi connectivity index (χ1) is 16.4. The average molecular weight is 463 g/mol. The van der Waals surface area contributed by atoms with Crippen LogP contribution in [0.3, 0.4) is 0 Å². The highest BCUT2D eigenvalue weighted by atomic mass is 16.5. The number of esters is 1. The highest BCUT2D eigenvalue weighted by molar-refractivity contribution is 6.05. The third kappa shape index (κ3) is 3.78. The SMILES string of the molecule is COC(=O)C1(Cc2cn(-c3ccc4c(c3)C(=O)N(C3CCC(=O)NC3=O)C4)nn2)CC=CCC1. The summed E-state index contributed by atoms with van der Waals surface area (Å²) >= 11 is 0. The summed E-state index contributed by atoms with van der Waals surface area (Å²) in [7, 11) is 1.40. The predicted molar refractivity (Wildman–Crippen MR) is 119 cm³/mol. The molecule has 3 amide bonds. The summed E-state index contributed by atoms with van der Waals surface area (Å²) in [4.78, 5) is 50.8. The zero-order chi connectivity index (χ0) is 23.9. The molecule has 1 aliphatic carbocycles. The lowest BCUT2D eigenvalue weighted by atomic mass is 9.74. The molecule has 3 heterocycles. The minimum absolute atomic E-state index is 0.215. The Morgan fingerprint density at radius 2 is 2.12 bits per heavy atom. The number of hydrogen-bond acceptors (Lipinski definition) is 7. The van der Waals surface area contributed by atoms with Crippen molar-refractivity contribution in [3.05, 3.63) is 53.4 Å². The number of carbonyl (C=O) groups is 4. The maximum atomic E-state index is 13.1. The Kier molecular flexibility index (Phi) is 5.51. The first-order valence-corrected chi connectivity index (χ1v) is 11.3. The standard InChI is InChI=1S/C24H25N5O5/c1-34-23(33)24(9-3-2-4-10-24)12-16-14-29(27-26-16)17-6-5-15-13-28(22(32)18(15)11-17)19-7-8-20(30)25-21(19)31/h2-3,5-6,11,14,19H,4,7-10,12-13H2,1H3,(H,25,30,31). The van der Waals surface area contributed by atoms with E-state index in [0.29, 0.717) is 49.2 Å². The van der Waals surface area contributed by atoms with Crippen molar-refractivity contribution in [3.8, 4) is 5.69 Å².